The van der Waals surface area contributed by atoms with E-state index < -0.39 is 6.17 Å². The molecule has 2 N–H and O–H groups in total. The summed E-state index contributed by atoms with van der Waals surface area (Å²) < 4.78 is 0. The number of phenols is 1. The minimum atomic E-state index is -1.11. The Labute approximate surface area is 184 Å². The van der Waals surface area contributed by atoms with Gasteiger partial charge < -0.3 is 15.0 Å². The van der Waals surface area contributed by atoms with E-state index in [0.717, 1.165) is 27.7 Å². The van der Waals surface area contributed by atoms with Gasteiger partial charge in [-0.3, -0.25) is 14.5 Å². The second-order valence-corrected chi connectivity index (χ2v) is 7.57. The Hall–Kier alpha value is -4.39. The molecule has 32 heavy (non-hydrogen) atoms. The number of nitrogens with zero attached hydrogens (tertiary/aromatic N) is 3. The van der Waals surface area contributed by atoms with Gasteiger partial charge in [-0.05, 0) is 30.3 Å². The van der Waals surface area contributed by atoms with Crippen LogP contribution in [0.2, 0.25) is 0 Å². The number of benzene rings is 3. The zero-order chi connectivity index (χ0) is 22.2. The SMILES string of the molecule is CN1C(=O)C(N(C=O)c2cc3cc(O)ccc3[nH]2)N=C(c2ccccc2)c2ccccc21. The van der Waals surface area contributed by atoms with Crippen LogP contribution < -0.4 is 9.80 Å². The van der Waals surface area contributed by atoms with Crippen LogP contribution in [0.15, 0.2) is 83.9 Å². The lowest BCUT2D eigenvalue weighted by Gasteiger charge is -2.26. The fourth-order valence-corrected chi connectivity index (χ4v) is 4.00. The fraction of sp³-hybridized carbons (Fsp3) is 0.0800. The average molecular weight is 424 g/mol. The third-order valence-corrected chi connectivity index (χ3v) is 5.62. The van der Waals surface area contributed by atoms with E-state index in [1.807, 2.05) is 54.6 Å². The molecular formula is C25H20N4O3. The van der Waals surface area contributed by atoms with Crippen molar-refractivity contribution in [1.29, 1.82) is 0 Å². The van der Waals surface area contributed by atoms with Crippen LogP contribution in [0.5, 0.6) is 5.75 Å². The minimum absolute atomic E-state index is 0.116. The summed E-state index contributed by atoms with van der Waals surface area (Å²) in [5.41, 5.74) is 3.74. The Bertz CT molecular complexity index is 1360. The topological polar surface area (TPSA) is 89.0 Å². The molecule has 0 fully saturated rings. The smallest absolute Gasteiger partial charge is 0.272 e. The van der Waals surface area contributed by atoms with Crippen molar-refractivity contribution in [2.24, 2.45) is 4.99 Å². The Balaban J connectivity index is 1.69. The van der Waals surface area contributed by atoms with Crippen molar-refractivity contribution in [3.63, 3.8) is 0 Å². The van der Waals surface area contributed by atoms with E-state index in [4.69, 9.17) is 4.99 Å². The Morgan fingerprint density at radius 3 is 2.56 bits per heavy atom. The van der Waals surface area contributed by atoms with E-state index in [1.165, 1.54) is 9.80 Å². The maximum absolute atomic E-state index is 13.5. The first kappa shape index (κ1) is 19.6. The highest BCUT2D eigenvalue weighted by atomic mass is 16.3. The highest BCUT2D eigenvalue weighted by Gasteiger charge is 2.34. The number of hydrogen-bond acceptors (Lipinski definition) is 4. The zero-order valence-corrected chi connectivity index (χ0v) is 17.3. The lowest BCUT2D eigenvalue weighted by atomic mass is 10.0. The van der Waals surface area contributed by atoms with Gasteiger partial charge in [0.15, 0.2) is 0 Å². The molecule has 1 unspecified atom stereocenters. The first-order valence-electron chi connectivity index (χ1n) is 10.1. The second-order valence-electron chi connectivity index (χ2n) is 7.57. The lowest BCUT2D eigenvalue weighted by Crippen LogP contribution is -2.46. The first-order valence-corrected chi connectivity index (χ1v) is 10.1. The number of rotatable bonds is 4. The van der Waals surface area contributed by atoms with E-state index in [-0.39, 0.29) is 11.7 Å². The molecule has 0 radical (unpaired) electrons. The van der Waals surface area contributed by atoms with Crippen LogP contribution in [-0.4, -0.2) is 41.3 Å². The quantitative estimate of drug-likeness (QED) is 0.490. The van der Waals surface area contributed by atoms with Gasteiger partial charge in [-0.15, -0.1) is 0 Å². The van der Waals surface area contributed by atoms with Crippen molar-refractivity contribution in [3.05, 3.63) is 90.0 Å². The predicted molar refractivity (Wildman–Crippen MR) is 124 cm³/mol. The molecule has 0 bridgehead atoms. The van der Waals surface area contributed by atoms with Gasteiger partial charge in [-0.2, -0.15) is 0 Å². The van der Waals surface area contributed by atoms with Gasteiger partial charge in [0, 0.05) is 29.1 Å². The summed E-state index contributed by atoms with van der Waals surface area (Å²) in [6.45, 7) is 0. The number of hydrogen-bond donors (Lipinski definition) is 2. The molecule has 0 saturated carbocycles. The van der Waals surface area contributed by atoms with Gasteiger partial charge in [0.25, 0.3) is 5.91 Å². The summed E-state index contributed by atoms with van der Waals surface area (Å²) in [5.74, 6) is 0.192. The van der Waals surface area contributed by atoms with E-state index >= 15 is 0 Å². The molecule has 1 aliphatic heterocycles. The van der Waals surface area contributed by atoms with E-state index in [0.29, 0.717) is 17.9 Å². The molecule has 2 amide bonds. The molecule has 0 saturated heterocycles. The maximum Gasteiger partial charge on any atom is 0.272 e. The normalized spacial score (nSPS) is 15.8. The van der Waals surface area contributed by atoms with Gasteiger partial charge in [-0.1, -0.05) is 48.5 Å². The van der Waals surface area contributed by atoms with Crippen LogP contribution in [-0.2, 0) is 9.59 Å². The molecule has 4 aromatic rings. The summed E-state index contributed by atoms with van der Waals surface area (Å²) in [4.78, 5) is 36.5. The number of H-pyrrole nitrogens is 1. The van der Waals surface area contributed by atoms with Gasteiger partial charge in [0.1, 0.15) is 11.6 Å². The van der Waals surface area contributed by atoms with Gasteiger partial charge in [0.2, 0.25) is 12.6 Å². The van der Waals surface area contributed by atoms with Gasteiger partial charge in [0.05, 0.1) is 11.4 Å². The molecule has 2 heterocycles. The molecule has 1 aromatic heterocycles. The van der Waals surface area contributed by atoms with Crippen LogP contribution in [0.4, 0.5) is 11.5 Å². The second kappa shape index (κ2) is 7.70. The number of benzodiazepines with no additional fused rings is 1. The number of carbonyl (C=O) groups is 2. The van der Waals surface area contributed by atoms with Crippen LogP contribution in [0, 0.1) is 0 Å². The number of amides is 2. The molecule has 0 spiro atoms. The van der Waals surface area contributed by atoms with Crippen LogP contribution in [0.1, 0.15) is 11.1 Å². The monoisotopic (exact) mass is 424 g/mol. The summed E-state index contributed by atoms with van der Waals surface area (Å²) in [6.07, 6.45) is -0.509. The fourth-order valence-electron chi connectivity index (χ4n) is 4.00. The van der Waals surface area contributed by atoms with Crippen molar-refractivity contribution in [3.8, 4) is 5.75 Å². The maximum atomic E-state index is 13.5. The largest absolute Gasteiger partial charge is 0.508 e. The predicted octanol–water partition coefficient (Wildman–Crippen LogP) is 3.68. The van der Waals surface area contributed by atoms with Crippen LogP contribution in [0.25, 0.3) is 10.9 Å². The molecule has 1 aliphatic rings. The molecule has 7 heteroatoms. The number of phenolic OH excluding ortho intramolecular Hbond substituents is 1. The molecule has 0 aliphatic carbocycles. The van der Waals surface area contributed by atoms with E-state index in [9.17, 15) is 14.7 Å². The third-order valence-electron chi connectivity index (χ3n) is 5.62. The first-order chi connectivity index (χ1) is 15.6. The van der Waals surface area contributed by atoms with E-state index in [2.05, 4.69) is 4.98 Å². The molecule has 1 atom stereocenters. The average Bonchev–Trinajstić information content (AvgIpc) is 3.19. The number of aromatic hydroxyl groups is 1. The number of para-hydroxylation sites is 1. The van der Waals surface area contributed by atoms with Crippen LogP contribution in [0.3, 0.4) is 0 Å². The standard InChI is InChI=1S/C25H20N4O3/c1-28-21-10-6-5-9-19(21)23(16-7-3-2-4-8-16)27-24(25(28)32)29(15-30)22-14-17-13-18(31)11-12-20(17)26-22/h2-15,24,26,31H,1H3. The minimum Gasteiger partial charge on any atom is -0.508 e. The summed E-state index contributed by atoms with van der Waals surface area (Å²) in [5, 5.41) is 10.5. The molecule has 7 nitrogen and oxygen atoms in total. The zero-order valence-electron chi connectivity index (χ0n) is 17.3. The number of likely N-dealkylation sites (N-methyl/N-ethyl adjacent to an activating group) is 1. The molecule has 158 valence electrons. The highest BCUT2D eigenvalue weighted by Crippen LogP contribution is 2.31. The number of carbonyl (C=O) groups excluding carboxylic acids is 2. The molecule has 3 aromatic carbocycles. The third kappa shape index (κ3) is 3.20. The van der Waals surface area contributed by atoms with E-state index in [1.54, 1.807) is 31.3 Å². The number of fused-ring (bicyclic) bond motifs is 2. The summed E-state index contributed by atoms with van der Waals surface area (Å²) >= 11 is 0. The van der Waals surface area contributed by atoms with Gasteiger partial charge >= 0.3 is 0 Å². The van der Waals surface area contributed by atoms with Crippen molar-refractivity contribution in [1.82, 2.24) is 4.98 Å². The van der Waals surface area contributed by atoms with Crippen molar-refractivity contribution in [2.75, 3.05) is 16.8 Å². The Morgan fingerprint density at radius 1 is 1.03 bits per heavy atom. The number of nitrogens with one attached hydrogen (secondary N) is 1. The summed E-state index contributed by atoms with van der Waals surface area (Å²) in [6, 6.07) is 23.7. The lowest BCUT2D eigenvalue weighted by molar-refractivity contribution is -0.121. The van der Waals surface area contributed by atoms with Crippen molar-refractivity contribution in [2.45, 2.75) is 6.17 Å². The number of aromatic amines is 1. The molecule has 5 rings (SSSR count). The van der Waals surface area contributed by atoms with Gasteiger partial charge in [-0.25, -0.2) is 4.99 Å². The Kier molecular flexibility index (Phi) is 4.71. The molecular weight excluding hydrogens is 404 g/mol. The number of aliphatic imine (C=N–C) groups is 1. The van der Waals surface area contributed by atoms with Crippen LogP contribution >= 0.6 is 0 Å². The highest BCUT2D eigenvalue weighted by molar-refractivity contribution is 6.20. The van der Waals surface area contributed by atoms with Crippen molar-refractivity contribution >= 4 is 40.4 Å². The summed E-state index contributed by atoms with van der Waals surface area (Å²) in [7, 11) is 1.68. The number of aromatic nitrogens is 1. The number of anilines is 2. The van der Waals surface area contributed by atoms with Crippen molar-refractivity contribution < 1.29 is 14.7 Å². The Morgan fingerprint density at radius 2 is 1.78 bits per heavy atom.